The Bertz CT molecular complexity index is 451. The molecule has 1 saturated heterocycles. The topological polar surface area (TPSA) is 60.2 Å². The van der Waals surface area contributed by atoms with Gasteiger partial charge in [-0.1, -0.05) is 0 Å². The molecule has 17 heavy (non-hydrogen) atoms. The number of hydrogen-bond acceptors (Lipinski definition) is 4. The van der Waals surface area contributed by atoms with Crippen LogP contribution in [0.25, 0.3) is 0 Å². The third-order valence-corrected chi connectivity index (χ3v) is 4.05. The highest BCUT2D eigenvalue weighted by molar-refractivity contribution is 5.47. The highest BCUT2D eigenvalue weighted by Gasteiger charge is 2.41. The molecular weight excluding hydrogens is 214 g/mol. The van der Waals surface area contributed by atoms with Crippen LogP contribution >= 0.6 is 0 Å². The van der Waals surface area contributed by atoms with Gasteiger partial charge >= 0.3 is 0 Å². The fourth-order valence-electron chi connectivity index (χ4n) is 3.09. The number of pyridine rings is 1. The molecule has 0 bridgehead atoms. The van der Waals surface area contributed by atoms with E-state index in [1.54, 1.807) is 12.3 Å². The van der Waals surface area contributed by atoms with E-state index in [9.17, 15) is 5.11 Å². The predicted octanol–water partition coefficient (Wildman–Crippen LogP) is 1.16. The SMILES string of the molecule is N#Cc1ccc(N2CC3CCC(O)C3C2)cn1. The Balaban J connectivity index is 1.76. The average molecular weight is 229 g/mol. The van der Waals surface area contributed by atoms with Gasteiger partial charge in [-0.2, -0.15) is 5.26 Å². The first-order valence-corrected chi connectivity index (χ1v) is 6.07. The second kappa shape index (κ2) is 4.01. The Hall–Kier alpha value is -1.60. The van der Waals surface area contributed by atoms with E-state index in [0.29, 0.717) is 17.5 Å². The molecule has 0 radical (unpaired) electrons. The zero-order valence-corrected chi connectivity index (χ0v) is 9.58. The highest BCUT2D eigenvalue weighted by Crippen LogP contribution is 2.39. The number of fused-ring (bicyclic) bond motifs is 1. The number of hydrogen-bond donors (Lipinski definition) is 1. The van der Waals surface area contributed by atoms with Crippen molar-refractivity contribution in [3.05, 3.63) is 24.0 Å². The lowest BCUT2D eigenvalue weighted by atomic mass is 10.00. The average Bonchev–Trinajstić information content (AvgIpc) is 2.92. The number of nitriles is 1. The molecule has 2 heterocycles. The van der Waals surface area contributed by atoms with Crippen LogP contribution in [0.2, 0.25) is 0 Å². The standard InChI is InChI=1S/C13H15N3O/c14-5-10-2-3-11(6-15-10)16-7-9-1-4-13(17)12(9)8-16/h2-3,6,9,12-13,17H,1,4,7-8H2. The summed E-state index contributed by atoms with van der Waals surface area (Å²) in [5, 5.41) is 18.6. The number of nitrogens with zero attached hydrogens (tertiary/aromatic N) is 3. The van der Waals surface area contributed by atoms with Crippen molar-refractivity contribution in [2.24, 2.45) is 11.8 Å². The van der Waals surface area contributed by atoms with Gasteiger partial charge in [-0.3, -0.25) is 0 Å². The quantitative estimate of drug-likeness (QED) is 0.785. The molecule has 4 heteroatoms. The van der Waals surface area contributed by atoms with Crippen molar-refractivity contribution in [1.82, 2.24) is 4.98 Å². The van der Waals surface area contributed by atoms with Gasteiger partial charge in [-0.15, -0.1) is 0 Å². The highest BCUT2D eigenvalue weighted by atomic mass is 16.3. The molecule has 2 aliphatic rings. The number of aromatic nitrogens is 1. The van der Waals surface area contributed by atoms with Crippen LogP contribution in [-0.4, -0.2) is 29.3 Å². The number of aliphatic hydroxyl groups excluding tert-OH is 1. The van der Waals surface area contributed by atoms with Gasteiger partial charge in [0.05, 0.1) is 18.0 Å². The first-order chi connectivity index (χ1) is 8.28. The molecule has 1 aliphatic carbocycles. The zero-order chi connectivity index (χ0) is 11.8. The van der Waals surface area contributed by atoms with Crippen LogP contribution in [0.15, 0.2) is 18.3 Å². The fourth-order valence-corrected chi connectivity index (χ4v) is 3.09. The van der Waals surface area contributed by atoms with E-state index < -0.39 is 0 Å². The largest absolute Gasteiger partial charge is 0.393 e. The van der Waals surface area contributed by atoms with Crippen molar-refractivity contribution in [2.45, 2.75) is 18.9 Å². The molecule has 0 spiro atoms. The summed E-state index contributed by atoms with van der Waals surface area (Å²) in [5.74, 6) is 1.05. The van der Waals surface area contributed by atoms with E-state index >= 15 is 0 Å². The van der Waals surface area contributed by atoms with Crippen LogP contribution in [0.3, 0.4) is 0 Å². The number of anilines is 1. The third-order valence-electron chi connectivity index (χ3n) is 4.05. The van der Waals surface area contributed by atoms with Crippen LogP contribution in [0.5, 0.6) is 0 Å². The maximum atomic E-state index is 9.86. The summed E-state index contributed by atoms with van der Waals surface area (Å²) in [7, 11) is 0. The van der Waals surface area contributed by atoms with Gasteiger partial charge in [0.15, 0.2) is 0 Å². The summed E-state index contributed by atoms with van der Waals surface area (Å²) < 4.78 is 0. The maximum absolute atomic E-state index is 9.86. The van der Waals surface area contributed by atoms with Crippen molar-refractivity contribution in [3.8, 4) is 6.07 Å². The van der Waals surface area contributed by atoms with E-state index in [1.165, 1.54) is 0 Å². The number of aliphatic hydroxyl groups is 1. The van der Waals surface area contributed by atoms with E-state index in [0.717, 1.165) is 31.6 Å². The smallest absolute Gasteiger partial charge is 0.140 e. The summed E-state index contributed by atoms with van der Waals surface area (Å²) in [6.07, 6.45) is 3.71. The molecule has 4 nitrogen and oxygen atoms in total. The minimum atomic E-state index is -0.128. The van der Waals surface area contributed by atoms with Gasteiger partial charge < -0.3 is 10.0 Å². The van der Waals surface area contributed by atoms with Gasteiger partial charge in [0, 0.05) is 19.0 Å². The van der Waals surface area contributed by atoms with E-state index in [4.69, 9.17) is 5.26 Å². The zero-order valence-electron chi connectivity index (χ0n) is 9.58. The Morgan fingerprint density at radius 3 is 2.88 bits per heavy atom. The summed E-state index contributed by atoms with van der Waals surface area (Å²) in [6, 6.07) is 5.72. The Kier molecular flexibility index (Phi) is 2.49. The van der Waals surface area contributed by atoms with Crippen LogP contribution in [0, 0.1) is 23.2 Å². The molecule has 0 aromatic carbocycles. The molecule has 3 rings (SSSR count). The Morgan fingerprint density at radius 2 is 2.24 bits per heavy atom. The lowest BCUT2D eigenvalue weighted by molar-refractivity contribution is 0.133. The van der Waals surface area contributed by atoms with Crippen LogP contribution < -0.4 is 4.90 Å². The summed E-state index contributed by atoms with van der Waals surface area (Å²) in [4.78, 5) is 6.36. The third kappa shape index (κ3) is 1.77. The molecule has 1 aliphatic heterocycles. The van der Waals surface area contributed by atoms with Gasteiger partial charge in [0.2, 0.25) is 0 Å². The van der Waals surface area contributed by atoms with Crippen molar-refractivity contribution >= 4 is 5.69 Å². The lowest BCUT2D eigenvalue weighted by Gasteiger charge is -2.19. The molecule has 1 aromatic rings. The first-order valence-electron chi connectivity index (χ1n) is 6.07. The maximum Gasteiger partial charge on any atom is 0.140 e. The molecule has 3 unspecified atom stereocenters. The van der Waals surface area contributed by atoms with Gasteiger partial charge in [0.1, 0.15) is 11.8 Å². The van der Waals surface area contributed by atoms with Gasteiger partial charge in [-0.05, 0) is 30.9 Å². The molecule has 1 aromatic heterocycles. The monoisotopic (exact) mass is 229 g/mol. The lowest BCUT2D eigenvalue weighted by Crippen LogP contribution is -2.24. The second-order valence-electron chi connectivity index (χ2n) is 4.99. The molecule has 3 atom stereocenters. The van der Waals surface area contributed by atoms with Crippen LogP contribution in [-0.2, 0) is 0 Å². The second-order valence-corrected chi connectivity index (χ2v) is 4.99. The van der Waals surface area contributed by atoms with Crippen molar-refractivity contribution in [1.29, 1.82) is 5.26 Å². The minimum absolute atomic E-state index is 0.128. The molecule has 1 saturated carbocycles. The van der Waals surface area contributed by atoms with E-state index in [1.807, 2.05) is 12.1 Å². The van der Waals surface area contributed by atoms with Crippen LogP contribution in [0.1, 0.15) is 18.5 Å². The van der Waals surface area contributed by atoms with Crippen molar-refractivity contribution < 1.29 is 5.11 Å². The molecular formula is C13H15N3O. The normalized spacial score (nSPS) is 31.3. The Labute approximate surface area is 101 Å². The number of rotatable bonds is 1. The first kappa shape index (κ1) is 10.5. The molecule has 88 valence electrons. The summed E-state index contributed by atoms with van der Waals surface area (Å²) in [5.41, 5.74) is 1.51. The van der Waals surface area contributed by atoms with Gasteiger partial charge in [-0.25, -0.2) is 4.98 Å². The van der Waals surface area contributed by atoms with E-state index in [-0.39, 0.29) is 6.10 Å². The molecule has 0 amide bonds. The minimum Gasteiger partial charge on any atom is -0.393 e. The van der Waals surface area contributed by atoms with Crippen molar-refractivity contribution in [3.63, 3.8) is 0 Å². The molecule has 2 fully saturated rings. The Morgan fingerprint density at radius 1 is 1.35 bits per heavy atom. The van der Waals surface area contributed by atoms with Gasteiger partial charge in [0.25, 0.3) is 0 Å². The molecule has 1 N–H and O–H groups in total. The summed E-state index contributed by atoms with van der Waals surface area (Å²) >= 11 is 0. The van der Waals surface area contributed by atoms with E-state index in [2.05, 4.69) is 9.88 Å². The summed E-state index contributed by atoms with van der Waals surface area (Å²) in [6.45, 7) is 1.93. The van der Waals surface area contributed by atoms with Crippen molar-refractivity contribution in [2.75, 3.05) is 18.0 Å². The predicted molar refractivity (Wildman–Crippen MR) is 63.4 cm³/mol. The van der Waals surface area contributed by atoms with Crippen LogP contribution in [0.4, 0.5) is 5.69 Å². The fraction of sp³-hybridized carbons (Fsp3) is 0.538.